The summed E-state index contributed by atoms with van der Waals surface area (Å²) in [7, 11) is -3.59. The lowest BCUT2D eigenvalue weighted by Crippen LogP contribution is -2.45. The average molecular weight is 405 g/mol. The van der Waals surface area contributed by atoms with E-state index < -0.39 is 10.0 Å². The van der Waals surface area contributed by atoms with E-state index in [1.54, 1.807) is 42.5 Å². The zero-order valence-corrected chi connectivity index (χ0v) is 16.7. The molecule has 1 saturated heterocycles. The van der Waals surface area contributed by atoms with Crippen molar-refractivity contribution in [1.82, 2.24) is 9.62 Å². The molecular weight excluding hydrogens is 379 g/mol. The molecular formula is C21H25FN2O3S. The molecule has 3 rings (SSSR count). The van der Waals surface area contributed by atoms with Gasteiger partial charge in [0.1, 0.15) is 5.82 Å². The fourth-order valence-electron chi connectivity index (χ4n) is 3.42. The summed E-state index contributed by atoms with van der Waals surface area (Å²) in [6.07, 6.45) is 1.31. The van der Waals surface area contributed by atoms with E-state index in [4.69, 9.17) is 0 Å². The third kappa shape index (κ3) is 4.77. The number of halogens is 1. The summed E-state index contributed by atoms with van der Waals surface area (Å²) in [4.78, 5) is 12.9. The molecule has 1 aliphatic rings. The van der Waals surface area contributed by atoms with E-state index in [-0.39, 0.29) is 35.0 Å². The lowest BCUT2D eigenvalue weighted by molar-refractivity contribution is -0.126. The van der Waals surface area contributed by atoms with E-state index in [0.717, 1.165) is 5.56 Å². The second-order valence-electron chi connectivity index (χ2n) is 7.21. The number of carbonyl (C=O) groups excluding carboxylic acids is 1. The van der Waals surface area contributed by atoms with Gasteiger partial charge in [-0.1, -0.05) is 37.3 Å². The Hall–Kier alpha value is -2.25. The number of hydrogen-bond donors (Lipinski definition) is 1. The number of piperidine rings is 1. The lowest BCUT2D eigenvalue weighted by atomic mass is 9.97. The minimum absolute atomic E-state index is 0.0392. The lowest BCUT2D eigenvalue weighted by Gasteiger charge is -2.31. The van der Waals surface area contributed by atoms with Crippen LogP contribution < -0.4 is 5.32 Å². The Kier molecular flexibility index (Phi) is 6.46. The normalized spacial score (nSPS) is 19.1. The topological polar surface area (TPSA) is 66.5 Å². The zero-order chi connectivity index (χ0) is 20.1. The van der Waals surface area contributed by atoms with Crippen LogP contribution in [0.5, 0.6) is 0 Å². The van der Waals surface area contributed by atoms with Crippen molar-refractivity contribution in [2.45, 2.75) is 30.6 Å². The van der Waals surface area contributed by atoms with Crippen molar-refractivity contribution in [2.75, 3.05) is 19.6 Å². The molecule has 2 aromatic carbocycles. The molecule has 150 valence electrons. The van der Waals surface area contributed by atoms with Gasteiger partial charge < -0.3 is 5.32 Å². The number of sulfonamides is 1. The van der Waals surface area contributed by atoms with Gasteiger partial charge in [-0.2, -0.15) is 4.31 Å². The first-order chi connectivity index (χ1) is 13.4. The van der Waals surface area contributed by atoms with Crippen molar-refractivity contribution >= 4 is 15.9 Å². The predicted molar refractivity (Wildman–Crippen MR) is 106 cm³/mol. The first-order valence-corrected chi connectivity index (χ1v) is 10.9. The monoisotopic (exact) mass is 404 g/mol. The van der Waals surface area contributed by atoms with Crippen molar-refractivity contribution in [1.29, 1.82) is 0 Å². The van der Waals surface area contributed by atoms with Crippen molar-refractivity contribution in [3.05, 3.63) is 66.0 Å². The summed E-state index contributed by atoms with van der Waals surface area (Å²) in [6.45, 7) is 2.99. The highest BCUT2D eigenvalue weighted by molar-refractivity contribution is 7.89. The van der Waals surface area contributed by atoms with Crippen LogP contribution in [0.15, 0.2) is 59.5 Å². The van der Waals surface area contributed by atoms with Crippen LogP contribution >= 0.6 is 0 Å². The Morgan fingerprint density at radius 1 is 1.18 bits per heavy atom. The molecule has 0 aromatic heterocycles. The Labute approximate surface area is 165 Å². The molecule has 2 unspecified atom stereocenters. The number of carbonyl (C=O) groups is 1. The molecule has 2 aromatic rings. The van der Waals surface area contributed by atoms with Crippen LogP contribution in [0.1, 0.15) is 31.2 Å². The standard InChI is InChI=1S/C21H25FN2O3S/c1-16(17-9-11-19(22)12-10-17)14-23-21(25)18-6-5-13-24(15-18)28(26,27)20-7-3-2-4-8-20/h2-4,7-12,16,18H,5-6,13-15H2,1H3,(H,23,25). The molecule has 28 heavy (non-hydrogen) atoms. The molecule has 0 aliphatic carbocycles. The third-order valence-electron chi connectivity index (χ3n) is 5.16. The summed E-state index contributed by atoms with van der Waals surface area (Å²) >= 11 is 0. The quantitative estimate of drug-likeness (QED) is 0.804. The maximum Gasteiger partial charge on any atom is 0.243 e. The molecule has 1 amide bonds. The molecule has 2 atom stereocenters. The van der Waals surface area contributed by atoms with Crippen LogP contribution in [0.3, 0.4) is 0 Å². The van der Waals surface area contributed by atoms with E-state index in [1.165, 1.54) is 16.4 Å². The van der Waals surface area contributed by atoms with Gasteiger partial charge in [0.2, 0.25) is 15.9 Å². The van der Waals surface area contributed by atoms with Crippen LogP contribution in [-0.4, -0.2) is 38.3 Å². The fourth-order valence-corrected chi connectivity index (χ4v) is 4.97. The van der Waals surface area contributed by atoms with Crippen molar-refractivity contribution in [2.24, 2.45) is 5.92 Å². The molecule has 1 N–H and O–H groups in total. The summed E-state index contributed by atoms with van der Waals surface area (Å²) in [5, 5.41) is 2.92. The SMILES string of the molecule is CC(CNC(=O)C1CCCN(S(=O)(=O)c2ccccc2)C1)c1ccc(F)cc1. The molecule has 0 spiro atoms. The minimum Gasteiger partial charge on any atom is -0.355 e. The van der Waals surface area contributed by atoms with Crippen LogP contribution in [0.2, 0.25) is 0 Å². The van der Waals surface area contributed by atoms with E-state index in [2.05, 4.69) is 5.32 Å². The van der Waals surface area contributed by atoms with Gasteiger partial charge in [0.15, 0.2) is 0 Å². The van der Waals surface area contributed by atoms with Crippen LogP contribution in [-0.2, 0) is 14.8 Å². The second kappa shape index (κ2) is 8.84. The van der Waals surface area contributed by atoms with Crippen molar-refractivity contribution < 1.29 is 17.6 Å². The highest BCUT2D eigenvalue weighted by atomic mass is 32.2. The van der Waals surface area contributed by atoms with Gasteiger partial charge in [0.05, 0.1) is 10.8 Å². The Bertz CT molecular complexity index is 901. The van der Waals surface area contributed by atoms with Gasteiger partial charge in [-0.05, 0) is 48.6 Å². The molecule has 1 heterocycles. The van der Waals surface area contributed by atoms with Gasteiger partial charge >= 0.3 is 0 Å². The summed E-state index contributed by atoms with van der Waals surface area (Å²) in [6, 6.07) is 14.5. The van der Waals surface area contributed by atoms with E-state index in [0.29, 0.717) is 25.9 Å². The first-order valence-electron chi connectivity index (χ1n) is 9.46. The zero-order valence-electron chi connectivity index (χ0n) is 15.8. The van der Waals surface area contributed by atoms with Crippen molar-refractivity contribution in [3.8, 4) is 0 Å². The molecule has 5 nitrogen and oxygen atoms in total. The number of benzene rings is 2. The number of amides is 1. The first kappa shape index (κ1) is 20.5. The summed E-state index contributed by atoms with van der Waals surface area (Å²) in [5.74, 6) is -0.756. The maximum atomic E-state index is 13.0. The summed E-state index contributed by atoms with van der Waals surface area (Å²) < 4.78 is 40.0. The number of nitrogens with zero attached hydrogens (tertiary/aromatic N) is 1. The van der Waals surface area contributed by atoms with E-state index >= 15 is 0 Å². The predicted octanol–water partition coefficient (Wildman–Crippen LogP) is 3.15. The maximum absolute atomic E-state index is 13.0. The Morgan fingerprint density at radius 3 is 2.54 bits per heavy atom. The molecule has 1 aliphatic heterocycles. The van der Waals surface area contributed by atoms with Gasteiger partial charge in [-0.3, -0.25) is 4.79 Å². The van der Waals surface area contributed by atoms with Crippen LogP contribution in [0.25, 0.3) is 0 Å². The largest absolute Gasteiger partial charge is 0.355 e. The average Bonchev–Trinajstić information content (AvgIpc) is 2.73. The van der Waals surface area contributed by atoms with Gasteiger partial charge in [-0.15, -0.1) is 0 Å². The Balaban J connectivity index is 1.59. The smallest absolute Gasteiger partial charge is 0.243 e. The number of nitrogens with one attached hydrogen (secondary N) is 1. The molecule has 0 bridgehead atoms. The van der Waals surface area contributed by atoms with Gasteiger partial charge in [0.25, 0.3) is 0 Å². The second-order valence-corrected chi connectivity index (χ2v) is 9.15. The Morgan fingerprint density at radius 2 is 1.86 bits per heavy atom. The number of rotatable bonds is 6. The van der Waals surface area contributed by atoms with Crippen molar-refractivity contribution in [3.63, 3.8) is 0 Å². The van der Waals surface area contributed by atoms with Gasteiger partial charge in [0, 0.05) is 19.6 Å². The highest BCUT2D eigenvalue weighted by Gasteiger charge is 2.33. The van der Waals surface area contributed by atoms with Crippen LogP contribution in [0.4, 0.5) is 4.39 Å². The van der Waals surface area contributed by atoms with E-state index in [1.807, 2.05) is 6.92 Å². The van der Waals surface area contributed by atoms with Crippen LogP contribution in [0, 0.1) is 11.7 Å². The fraction of sp³-hybridized carbons (Fsp3) is 0.381. The summed E-state index contributed by atoms with van der Waals surface area (Å²) in [5.41, 5.74) is 0.943. The molecule has 1 fully saturated rings. The van der Waals surface area contributed by atoms with E-state index in [9.17, 15) is 17.6 Å². The highest BCUT2D eigenvalue weighted by Crippen LogP contribution is 2.24. The number of hydrogen-bond acceptors (Lipinski definition) is 3. The minimum atomic E-state index is -3.59. The molecule has 0 saturated carbocycles. The molecule has 0 radical (unpaired) electrons. The third-order valence-corrected chi connectivity index (χ3v) is 7.04. The molecule has 7 heteroatoms. The van der Waals surface area contributed by atoms with Gasteiger partial charge in [-0.25, -0.2) is 12.8 Å².